The zero-order valence-corrected chi connectivity index (χ0v) is 19.8. The first-order chi connectivity index (χ1) is 15.8. The second-order valence-electron chi connectivity index (χ2n) is 8.52. The lowest BCUT2D eigenvalue weighted by Gasteiger charge is -2.32. The van der Waals surface area contributed by atoms with Crippen molar-refractivity contribution >= 4 is 11.9 Å². The van der Waals surface area contributed by atoms with Gasteiger partial charge in [-0.15, -0.1) is 0 Å². The van der Waals surface area contributed by atoms with Crippen molar-refractivity contribution in [2.75, 3.05) is 13.2 Å². The quantitative estimate of drug-likeness (QED) is 0.460. The van der Waals surface area contributed by atoms with Gasteiger partial charge in [0.1, 0.15) is 0 Å². The summed E-state index contributed by atoms with van der Waals surface area (Å²) in [6, 6.07) is 4.39. The summed E-state index contributed by atoms with van der Waals surface area (Å²) in [5.41, 5.74) is 10.6. The molecule has 34 heavy (non-hydrogen) atoms. The van der Waals surface area contributed by atoms with E-state index in [9.17, 15) is 22.8 Å². The topological polar surface area (TPSA) is 117 Å². The molecule has 0 saturated heterocycles. The molecule has 1 aromatic carbocycles. The Morgan fingerprint density at radius 1 is 0.941 bits per heavy atom. The van der Waals surface area contributed by atoms with Crippen molar-refractivity contribution in [3.05, 3.63) is 57.9 Å². The molecule has 1 heterocycles. The maximum Gasteiger partial charge on any atom is 0.416 e. The lowest BCUT2D eigenvalue weighted by molar-refractivity contribution is -0.142. The molecule has 1 aliphatic heterocycles. The number of alkyl halides is 3. The van der Waals surface area contributed by atoms with Gasteiger partial charge in [0.25, 0.3) is 0 Å². The van der Waals surface area contributed by atoms with Crippen molar-refractivity contribution in [3.63, 3.8) is 0 Å². The molecular weight excluding hydrogens is 451 g/mol. The highest BCUT2D eigenvalue weighted by molar-refractivity contribution is 6.00. The smallest absolute Gasteiger partial charge is 0.416 e. The van der Waals surface area contributed by atoms with Crippen molar-refractivity contribution in [1.29, 1.82) is 0 Å². The van der Waals surface area contributed by atoms with Crippen LogP contribution in [0.1, 0.15) is 57.6 Å². The van der Waals surface area contributed by atoms with Gasteiger partial charge in [0.15, 0.2) is 0 Å². The van der Waals surface area contributed by atoms with Crippen molar-refractivity contribution in [3.8, 4) is 0 Å². The molecule has 0 aliphatic carbocycles. The van der Waals surface area contributed by atoms with Gasteiger partial charge in [-0.1, -0.05) is 18.2 Å². The van der Waals surface area contributed by atoms with Crippen LogP contribution < -0.4 is 16.8 Å². The third kappa shape index (κ3) is 6.83. The molecule has 7 nitrogen and oxygen atoms in total. The molecule has 2 unspecified atom stereocenters. The Morgan fingerprint density at radius 2 is 1.38 bits per heavy atom. The average molecular weight is 484 g/mol. The third-order valence-corrected chi connectivity index (χ3v) is 5.39. The van der Waals surface area contributed by atoms with E-state index in [-0.39, 0.29) is 53.4 Å². The number of allylic oxidation sites excluding steroid dienone is 2. The number of hydrogen-bond donors (Lipinski definition) is 3. The van der Waals surface area contributed by atoms with E-state index >= 15 is 0 Å². The van der Waals surface area contributed by atoms with Crippen LogP contribution in [0.5, 0.6) is 0 Å². The number of ether oxygens (including phenoxy) is 2. The summed E-state index contributed by atoms with van der Waals surface area (Å²) in [6.45, 7) is 6.55. The SMILES string of the molecule is CC1=C(C(=O)OCCC(C)N)C(c2ccccc2C(F)(F)F)C(C(=O)OCCC(C)N)=C(C)N1. The van der Waals surface area contributed by atoms with Crippen LogP contribution in [0, 0.1) is 0 Å². The van der Waals surface area contributed by atoms with Crippen molar-refractivity contribution in [1.82, 2.24) is 5.32 Å². The summed E-state index contributed by atoms with van der Waals surface area (Å²) < 4.78 is 52.4. The number of rotatable bonds is 9. The van der Waals surface area contributed by atoms with Gasteiger partial charge < -0.3 is 26.3 Å². The zero-order valence-electron chi connectivity index (χ0n) is 19.8. The zero-order chi connectivity index (χ0) is 25.6. The molecule has 10 heteroatoms. The molecule has 0 amide bonds. The molecule has 188 valence electrons. The van der Waals surface area contributed by atoms with Gasteiger partial charge in [-0.2, -0.15) is 13.2 Å². The standard InChI is InChI=1S/C24H32F3N3O4/c1-13(28)9-11-33-22(31)19-15(3)30-16(4)20(23(32)34-12-10-14(2)29)21(19)17-7-5-6-8-18(17)24(25,26)27/h5-8,13-14,21,30H,9-12,28-29H2,1-4H3. The van der Waals surface area contributed by atoms with Crippen LogP contribution in [0.25, 0.3) is 0 Å². The molecular formula is C24H32F3N3O4. The van der Waals surface area contributed by atoms with Crippen LogP contribution >= 0.6 is 0 Å². The van der Waals surface area contributed by atoms with Crippen molar-refractivity contribution in [2.24, 2.45) is 11.5 Å². The molecule has 1 aliphatic rings. The fourth-order valence-electron chi connectivity index (χ4n) is 3.68. The number of esters is 2. The number of carbonyl (C=O) groups excluding carboxylic acids is 2. The molecule has 5 N–H and O–H groups in total. The van der Waals surface area contributed by atoms with E-state index in [2.05, 4.69) is 5.32 Å². The Bertz CT molecular complexity index is 920. The summed E-state index contributed by atoms with van der Waals surface area (Å²) in [7, 11) is 0. The van der Waals surface area contributed by atoms with Gasteiger partial charge in [-0.25, -0.2) is 9.59 Å². The lowest BCUT2D eigenvalue weighted by Crippen LogP contribution is -2.34. The highest BCUT2D eigenvalue weighted by Gasteiger charge is 2.43. The number of hydrogen-bond acceptors (Lipinski definition) is 7. The molecule has 2 rings (SSSR count). The van der Waals surface area contributed by atoms with Gasteiger partial charge in [-0.3, -0.25) is 0 Å². The molecule has 0 radical (unpaired) electrons. The number of nitrogens with two attached hydrogens (primary N) is 2. The van der Waals surface area contributed by atoms with Gasteiger partial charge in [0.2, 0.25) is 0 Å². The predicted molar refractivity (Wildman–Crippen MR) is 121 cm³/mol. The first kappa shape index (κ1) is 27.4. The average Bonchev–Trinajstić information content (AvgIpc) is 2.71. The molecule has 0 aromatic heterocycles. The van der Waals surface area contributed by atoms with Crippen molar-refractivity contribution < 1.29 is 32.2 Å². The van der Waals surface area contributed by atoms with Crippen LogP contribution in [-0.2, 0) is 25.2 Å². The number of nitrogens with one attached hydrogen (secondary N) is 1. The van der Waals surface area contributed by atoms with E-state index in [0.29, 0.717) is 12.8 Å². The van der Waals surface area contributed by atoms with Crippen LogP contribution in [0.15, 0.2) is 46.8 Å². The van der Waals surface area contributed by atoms with Crippen molar-refractivity contribution in [2.45, 2.75) is 64.7 Å². The highest BCUT2D eigenvalue weighted by Crippen LogP contribution is 2.44. The minimum Gasteiger partial charge on any atom is -0.462 e. The largest absolute Gasteiger partial charge is 0.462 e. The molecule has 0 bridgehead atoms. The Labute approximate surface area is 197 Å². The van der Waals surface area contributed by atoms with E-state index in [4.69, 9.17) is 20.9 Å². The minimum absolute atomic E-state index is 0.0161. The Morgan fingerprint density at radius 3 is 1.79 bits per heavy atom. The van der Waals surface area contributed by atoms with Crippen LogP contribution in [-0.4, -0.2) is 37.2 Å². The molecule has 0 saturated carbocycles. The summed E-state index contributed by atoms with van der Waals surface area (Å²) in [4.78, 5) is 26.2. The molecule has 0 spiro atoms. The van der Waals surface area contributed by atoms with Gasteiger partial charge in [0.05, 0.1) is 35.8 Å². The first-order valence-electron chi connectivity index (χ1n) is 11.0. The summed E-state index contributed by atoms with van der Waals surface area (Å²) in [6.07, 6.45) is -3.97. The van der Waals surface area contributed by atoms with Crippen LogP contribution in [0.3, 0.4) is 0 Å². The fraction of sp³-hybridized carbons (Fsp3) is 0.500. The highest BCUT2D eigenvalue weighted by atomic mass is 19.4. The van der Waals surface area contributed by atoms with E-state index < -0.39 is 29.6 Å². The summed E-state index contributed by atoms with van der Waals surface area (Å²) in [5.74, 6) is -3.01. The van der Waals surface area contributed by atoms with Gasteiger partial charge in [-0.05, 0) is 52.2 Å². The summed E-state index contributed by atoms with van der Waals surface area (Å²) in [5, 5.41) is 2.92. The second-order valence-corrected chi connectivity index (χ2v) is 8.52. The van der Waals surface area contributed by atoms with Crippen LogP contribution in [0.2, 0.25) is 0 Å². The predicted octanol–water partition coefficient (Wildman–Crippen LogP) is 3.50. The molecule has 1 aromatic rings. The number of halogens is 3. The maximum absolute atomic E-state index is 13.9. The van der Waals surface area contributed by atoms with Gasteiger partial charge >= 0.3 is 18.1 Å². The summed E-state index contributed by atoms with van der Waals surface area (Å²) >= 11 is 0. The van der Waals surface area contributed by atoms with Gasteiger partial charge in [0, 0.05) is 23.5 Å². The third-order valence-electron chi connectivity index (χ3n) is 5.39. The maximum atomic E-state index is 13.9. The number of carbonyl (C=O) groups is 2. The monoisotopic (exact) mass is 483 g/mol. The molecule has 0 fully saturated rings. The second kappa shape index (κ2) is 11.5. The number of benzene rings is 1. The first-order valence-corrected chi connectivity index (χ1v) is 11.0. The minimum atomic E-state index is -4.71. The van der Waals surface area contributed by atoms with Crippen LogP contribution in [0.4, 0.5) is 13.2 Å². The Hall–Kier alpha value is -2.85. The Balaban J connectivity index is 2.59. The van der Waals surface area contributed by atoms with E-state index in [1.807, 2.05) is 0 Å². The fourth-order valence-corrected chi connectivity index (χ4v) is 3.68. The normalized spacial score (nSPS) is 18.3. The molecule has 2 atom stereocenters. The lowest BCUT2D eigenvalue weighted by atomic mass is 9.78. The number of dihydropyridines is 1. The van der Waals surface area contributed by atoms with E-state index in [1.165, 1.54) is 18.2 Å². The van der Waals surface area contributed by atoms with E-state index in [0.717, 1.165) is 6.07 Å². The Kier molecular flexibility index (Phi) is 9.29. The van der Waals surface area contributed by atoms with E-state index in [1.54, 1.807) is 27.7 Å².